The van der Waals surface area contributed by atoms with E-state index in [9.17, 15) is 14.7 Å². The quantitative estimate of drug-likeness (QED) is 0.846. The number of para-hydroxylation sites is 1. The Morgan fingerprint density at radius 1 is 1.29 bits per heavy atom. The van der Waals surface area contributed by atoms with Crippen LogP contribution in [0.15, 0.2) is 30.3 Å². The summed E-state index contributed by atoms with van der Waals surface area (Å²) in [5.74, 6) is -0.939. The van der Waals surface area contributed by atoms with E-state index in [1.165, 1.54) is 0 Å². The largest absolute Gasteiger partial charge is 0.480 e. The van der Waals surface area contributed by atoms with E-state index in [-0.39, 0.29) is 6.03 Å². The van der Waals surface area contributed by atoms with Crippen LogP contribution in [0.3, 0.4) is 0 Å². The van der Waals surface area contributed by atoms with Crippen molar-refractivity contribution in [2.75, 3.05) is 11.4 Å². The Morgan fingerprint density at radius 3 is 2.43 bits per heavy atom. The number of benzene rings is 1. The number of hydrogen-bond donors (Lipinski definition) is 2. The number of nitrogens with one attached hydrogen (secondary N) is 1. The van der Waals surface area contributed by atoms with Gasteiger partial charge in [-0.15, -0.1) is 0 Å². The molecule has 0 aromatic heterocycles. The average molecular weight is 290 g/mol. The van der Waals surface area contributed by atoms with Gasteiger partial charge < -0.3 is 10.4 Å². The van der Waals surface area contributed by atoms with E-state index in [1.807, 2.05) is 30.3 Å². The summed E-state index contributed by atoms with van der Waals surface area (Å²) in [4.78, 5) is 25.5. The predicted molar refractivity (Wildman–Crippen MR) is 81.4 cm³/mol. The van der Waals surface area contributed by atoms with Gasteiger partial charge in [-0.05, 0) is 37.8 Å². The second kappa shape index (κ2) is 6.61. The number of carbonyl (C=O) groups is 2. The van der Waals surface area contributed by atoms with Crippen molar-refractivity contribution in [3.8, 4) is 0 Å². The van der Waals surface area contributed by atoms with Crippen LogP contribution in [0.2, 0.25) is 0 Å². The minimum Gasteiger partial charge on any atom is -0.480 e. The first kappa shape index (κ1) is 15.4. The molecule has 1 aromatic carbocycles. The Balaban J connectivity index is 2.13. The minimum atomic E-state index is -1.07. The van der Waals surface area contributed by atoms with E-state index in [0.29, 0.717) is 19.4 Å². The number of anilines is 1. The second-order valence-electron chi connectivity index (χ2n) is 5.51. The number of rotatable bonds is 6. The third-order valence-corrected chi connectivity index (χ3v) is 4.01. The van der Waals surface area contributed by atoms with Gasteiger partial charge >= 0.3 is 12.0 Å². The first-order valence-electron chi connectivity index (χ1n) is 7.47. The zero-order valence-electron chi connectivity index (χ0n) is 12.3. The first-order chi connectivity index (χ1) is 10.1. The second-order valence-corrected chi connectivity index (χ2v) is 5.51. The van der Waals surface area contributed by atoms with Crippen LogP contribution < -0.4 is 10.2 Å². The van der Waals surface area contributed by atoms with Crippen molar-refractivity contribution in [2.24, 2.45) is 0 Å². The maximum atomic E-state index is 12.5. The van der Waals surface area contributed by atoms with Crippen molar-refractivity contribution in [1.29, 1.82) is 0 Å². The van der Waals surface area contributed by atoms with E-state index < -0.39 is 11.5 Å². The molecule has 0 atom stereocenters. The van der Waals surface area contributed by atoms with Crippen molar-refractivity contribution >= 4 is 17.7 Å². The summed E-state index contributed by atoms with van der Waals surface area (Å²) in [6, 6.07) is 9.05. The molecule has 1 aliphatic rings. The van der Waals surface area contributed by atoms with Gasteiger partial charge in [0.25, 0.3) is 0 Å². The number of urea groups is 1. The fourth-order valence-electron chi connectivity index (χ4n) is 2.47. The third kappa shape index (κ3) is 3.35. The molecule has 1 aliphatic carbocycles. The van der Waals surface area contributed by atoms with Crippen molar-refractivity contribution in [1.82, 2.24) is 5.32 Å². The number of amides is 2. The number of carbonyl (C=O) groups excluding carboxylic acids is 1. The van der Waals surface area contributed by atoms with Gasteiger partial charge in [0, 0.05) is 12.2 Å². The van der Waals surface area contributed by atoms with E-state index in [4.69, 9.17) is 0 Å². The summed E-state index contributed by atoms with van der Waals surface area (Å²) < 4.78 is 0. The number of nitrogens with zero attached hydrogens (tertiary/aromatic N) is 1. The molecule has 114 valence electrons. The summed E-state index contributed by atoms with van der Waals surface area (Å²) >= 11 is 0. The molecule has 0 unspecified atom stereocenters. The molecule has 0 aliphatic heterocycles. The standard InChI is InChI=1S/C16H22N2O3/c1-2-3-12-18(13-8-5-4-6-9-13)15(21)17-16(14(19)20)10-7-11-16/h4-6,8-9H,2-3,7,10-12H2,1H3,(H,17,21)(H,19,20). The normalized spacial score (nSPS) is 15.9. The molecule has 21 heavy (non-hydrogen) atoms. The Bertz CT molecular complexity index is 498. The monoisotopic (exact) mass is 290 g/mol. The van der Waals surface area contributed by atoms with Crippen LogP contribution in [-0.2, 0) is 4.79 Å². The molecule has 2 N–H and O–H groups in total. The molecule has 1 saturated carbocycles. The van der Waals surface area contributed by atoms with E-state index in [2.05, 4.69) is 12.2 Å². The van der Waals surface area contributed by atoms with Gasteiger partial charge in [-0.3, -0.25) is 4.90 Å². The van der Waals surface area contributed by atoms with Crippen LogP contribution in [0.25, 0.3) is 0 Å². The van der Waals surface area contributed by atoms with Crippen LogP contribution in [0, 0.1) is 0 Å². The zero-order valence-corrected chi connectivity index (χ0v) is 12.3. The van der Waals surface area contributed by atoms with E-state index in [1.54, 1.807) is 4.90 Å². The minimum absolute atomic E-state index is 0.322. The fourth-order valence-corrected chi connectivity index (χ4v) is 2.47. The van der Waals surface area contributed by atoms with Gasteiger partial charge in [0.1, 0.15) is 5.54 Å². The summed E-state index contributed by atoms with van der Waals surface area (Å²) in [5, 5.41) is 12.1. The molecule has 1 aromatic rings. The van der Waals surface area contributed by atoms with Gasteiger partial charge in [0.15, 0.2) is 0 Å². The number of carboxylic acids is 1. The summed E-state index contributed by atoms with van der Waals surface area (Å²) in [6.45, 7) is 2.65. The number of unbranched alkanes of at least 4 members (excludes halogenated alkanes) is 1. The van der Waals surface area contributed by atoms with Gasteiger partial charge in [-0.1, -0.05) is 31.5 Å². The number of hydrogen-bond acceptors (Lipinski definition) is 2. The molecular formula is C16H22N2O3. The lowest BCUT2D eigenvalue weighted by Gasteiger charge is -2.39. The number of carboxylic acid groups (broad SMARTS) is 1. The lowest BCUT2D eigenvalue weighted by atomic mass is 9.77. The van der Waals surface area contributed by atoms with E-state index >= 15 is 0 Å². The van der Waals surface area contributed by atoms with Crippen molar-refractivity contribution in [3.05, 3.63) is 30.3 Å². The molecule has 0 heterocycles. The Hall–Kier alpha value is -2.04. The molecular weight excluding hydrogens is 268 g/mol. The predicted octanol–water partition coefficient (Wildman–Crippen LogP) is 3.01. The number of aliphatic carboxylic acids is 1. The van der Waals surface area contributed by atoms with Crippen molar-refractivity contribution < 1.29 is 14.7 Å². The van der Waals surface area contributed by atoms with Crippen molar-refractivity contribution in [2.45, 2.75) is 44.6 Å². The van der Waals surface area contributed by atoms with Crippen LogP contribution in [0.5, 0.6) is 0 Å². The molecule has 5 nitrogen and oxygen atoms in total. The fraction of sp³-hybridized carbons (Fsp3) is 0.500. The molecule has 0 spiro atoms. The zero-order chi connectivity index (χ0) is 15.3. The highest BCUT2D eigenvalue weighted by atomic mass is 16.4. The van der Waals surface area contributed by atoms with Gasteiger partial charge in [-0.2, -0.15) is 0 Å². The Kier molecular flexibility index (Phi) is 4.83. The highest BCUT2D eigenvalue weighted by molar-refractivity contribution is 5.96. The summed E-state index contributed by atoms with van der Waals surface area (Å²) in [5.41, 5.74) is -0.278. The Labute approximate surface area is 125 Å². The van der Waals surface area contributed by atoms with Gasteiger partial charge in [0.2, 0.25) is 0 Å². The van der Waals surface area contributed by atoms with Gasteiger partial charge in [0.05, 0.1) is 0 Å². The third-order valence-electron chi connectivity index (χ3n) is 4.01. The lowest BCUT2D eigenvalue weighted by Crippen LogP contribution is -2.61. The summed E-state index contributed by atoms with van der Waals surface area (Å²) in [7, 11) is 0. The first-order valence-corrected chi connectivity index (χ1v) is 7.47. The smallest absolute Gasteiger partial charge is 0.329 e. The molecule has 0 saturated heterocycles. The van der Waals surface area contributed by atoms with Gasteiger partial charge in [-0.25, -0.2) is 9.59 Å². The van der Waals surface area contributed by atoms with Crippen LogP contribution in [0.1, 0.15) is 39.0 Å². The summed E-state index contributed by atoms with van der Waals surface area (Å²) in [6.07, 6.45) is 3.70. The molecule has 2 rings (SSSR count). The molecule has 2 amide bonds. The molecule has 1 fully saturated rings. The molecule has 0 bridgehead atoms. The van der Waals surface area contributed by atoms with Crippen molar-refractivity contribution in [3.63, 3.8) is 0 Å². The maximum Gasteiger partial charge on any atom is 0.329 e. The maximum absolute atomic E-state index is 12.5. The molecule has 0 radical (unpaired) electrons. The highest BCUT2D eigenvalue weighted by Gasteiger charge is 2.46. The topological polar surface area (TPSA) is 69.6 Å². The van der Waals surface area contributed by atoms with Crippen LogP contribution in [0.4, 0.5) is 10.5 Å². The molecule has 5 heteroatoms. The Morgan fingerprint density at radius 2 is 1.95 bits per heavy atom. The average Bonchev–Trinajstić information content (AvgIpc) is 2.44. The SMILES string of the molecule is CCCCN(C(=O)NC1(C(=O)O)CCC1)c1ccccc1. The van der Waals surface area contributed by atoms with Crippen LogP contribution in [-0.4, -0.2) is 29.2 Å². The lowest BCUT2D eigenvalue weighted by molar-refractivity contribution is -0.148. The van der Waals surface area contributed by atoms with E-state index in [0.717, 1.165) is 24.9 Å². The highest BCUT2D eigenvalue weighted by Crippen LogP contribution is 2.32. The van der Waals surface area contributed by atoms with Crippen LogP contribution >= 0.6 is 0 Å².